The van der Waals surface area contributed by atoms with Gasteiger partial charge < -0.3 is 10.1 Å². The van der Waals surface area contributed by atoms with Crippen LogP contribution in [-0.2, 0) is 4.74 Å². The van der Waals surface area contributed by atoms with Crippen LogP contribution in [0.5, 0.6) is 0 Å². The first-order chi connectivity index (χ1) is 9.12. The predicted octanol–water partition coefficient (Wildman–Crippen LogP) is 2.73. The second-order valence-electron chi connectivity index (χ2n) is 3.70. The van der Waals surface area contributed by atoms with Crippen molar-refractivity contribution in [3.05, 3.63) is 41.0 Å². The van der Waals surface area contributed by atoms with Gasteiger partial charge in [0.1, 0.15) is 5.82 Å². The topological polar surface area (TPSA) is 66.5 Å². The summed E-state index contributed by atoms with van der Waals surface area (Å²) in [6.45, 7) is 7.21. The lowest BCUT2D eigenvalue weighted by atomic mass is 9.95. The average Bonchev–Trinajstić information content (AvgIpc) is 2.43. The number of ether oxygens (including phenoxy) is 1. The number of rotatable bonds is 4. The van der Waals surface area contributed by atoms with E-state index in [1.165, 1.54) is 25.3 Å². The van der Waals surface area contributed by atoms with Crippen molar-refractivity contribution >= 4 is 11.8 Å². The van der Waals surface area contributed by atoms with Crippen molar-refractivity contribution in [2.24, 2.45) is 0 Å². The lowest BCUT2D eigenvalue weighted by Gasteiger charge is -2.11. The molecule has 1 N–H and O–H groups in total. The number of halogens is 1. The summed E-state index contributed by atoms with van der Waals surface area (Å²) in [5.41, 5.74) is 0.579. The molecule has 0 aromatic heterocycles. The molecule has 5 nitrogen and oxygen atoms in total. The number of carbonyl (C=O) groups excluding carboxylic acids is 1. The molecule has 0 aliphatic carbocycles. The molecule has 1 amide bonds. The number of amides is 1. The molecule has 0 aliphatic heterocycles. The van der Waals surface area contributed by atoms with Gasteiger partial charge in [-0.25, -0.2) is 14.0 Å². The number of benzene rings is 1. The highest BCUT2D eigenvalue weighted by molar-refractivity contribution is 5.66. The normalized spacial score (nSPS) is 10.9. The van der Waals surface area contributed by atoms with Gasteiger partial charge in [0.15, 0.2) is 5.69 Å². The molecule has 1 aromatic carbocycles. The smallest absolute Gasteiger partial charge is 0.406 e. The maximum Gasteiger partial charge on any atom is 0.406 e. The fourth-order valence-corrected chi connectivity index (χ4v) is 1.59. The summed E-state index contributed by atoms with van der Waals surface area (Å²) in [5, 5.41) is 11.5. The van der Waals surface area contributed by atoms with E-state index in [4.69, 9.17) is 11.8 Å². The van der Waals surface area contributed by atoms with Gasteiger partial charge in [0.25, 0.3) is 0 Å². The first-order valence-corrected chi connectivity index (χ1v) is 5.50. The Morgan fingerprint density at radius 1 is 1.68 bits per heavy atom. The van der Waals surface area contributed by atoms with E-state index < -0.39 is 17.8 Å². The number of nitriles is 1. The Bertz CT molecular complexity index is 546. The zero-order valence-corrected chi connectivity index (χ0v) is 10.3. The van der Waals surface area contributed by atoms with E-state index in [0.717, 1.165) is 0 Å². The molecule has 0 bridgehead atoms. The minimum atomic E-state index is -0.656. The zero-order valence-electron chi connectivity index (χ0n) is 10.3. The molecule has 1 atom stereocenters. The molecule has 6 heteroatoms. The van der Waals surface area contributed by atoms with Crippen LogP contribution < -0.4 is 5.32 Å². The molecule has 98 valence electrons. The van der Waals surface area contributed by atoms with Crippen molar-refractivity contribution in [3.63, 3.8) is 0 Å². The van der Waals surface area contributed by atoms with E-state index in [2.05, 4.69) is 14.9 Å². The largest absolute Gasteiger partial charge is 0.453 e. The maximum absolute atomic E-state index is 13.2. The van der Waals surface area contributed by atoms with Gasteiger partial charge in [-0.15, -0.1) is 0 Å². The minimum Gasteiger partial charge on any atom is -0.453 e. The van der Waals surface area contributed by atoms with E-state index in [1.807, 2.05) is 6.07 Å². The average molecular weight is 261 g/mol. The highest BCUT2D eigenvalue weighted by atomic mass is 19.1. The van der Waals surface area contributed by atoms with Crippen LogP contribution in [-0.4, -0.2) is 19.7 Å². The molecular weight excluding hydrogens is 249 g/mol. The van der Waals surface area contributed by atoms with Crippen molar-refractivity contribution in [1.82, 2.24) is 5.32 Å². The molecule has 0 saturated carbocycles. The van der Waals surface area contributed by atoms with Gasteiger partial charge in [0, 0.05) is 6.54 Å². The van der Waals surface area contributed by atoms with Gasteiger partial charge in [-0.2, -0.15) is 5.26 Å². The molecule has 0 fully saturated rings. The van der Waals surface area contributed by atoms with Crippen LogP contribution >= 0.6 is 0 Å². The van der Waals surface area contributed by atoms with E-state index in [9.17, 15) is 9.18 Å². The van der Waals surface area contributed by atoms with Gasteiger partial charge in [-0.05, 0) is 24.1 Å². The third-order valence-corrected chi connectivity index (χ3v) is 2.53. The second kappa shape index (κ2) is 6.97. The molecule has 0 spiro atoms. The molecule has 1 unspecified atom stereocenters. The number of nitrogens with zero attached hydrogens (tertiary/aromatic N) is 2. The lowest BCUT2D eigenvalue weighted by Crippen LogP contribution is -2.25. The van der Waals surface area contributed by atoms with Crippen LogP contribution in [0.1, 0.15) is 17.9 Å². The summed E-state index contributed by atoms with van der Waals surface area (Å²) in [7, 11) is 1.24. The number of alkyl carbamates (subject to hydrolysis) is 1. The van der Waals surface area contributed by atoms with Crippen molar-refractivity contribution < 1.29 is 13.9 Å². The summed E-state index contributed by atoms with van der Waals surface area (Å²) in [4.78, 5) is 14.1. The number of hydrogen-bond acceptors (Lipinski definition) is 3. The minimum absolute atomic E-state index is 0.207. The predicted molar refractivity (Wildman–Crippen MR) is 66.0 cm³/mol. The Balaban J connectivity index is 2.81. The monoisotopic (exact) mass is 261 g/mol. The van der Waals surface area contributed by atoms with Crippen molar-refractivity contribution in [2.75, 3.05) is 13.7 Å². The van der Waals surface area contributed by atoms with E-state index in [-0.39, 0.29) is 18.7 Å². The molecule has 0 saturated heterocycles. The quantitative estimate of drug-likeness (QED) is 0.847. The number of carbonyl (C=O) groups is 1. The Labute approximate surface area is 110 Å². The van der Waals surface area contributed by atoms with Gasteiger partial charge in [0.2, 0.25) is 0 Å². The lowest BCUT2D eigenvalue weighted by molar-refractivity contribution is 0.171. The summed E-state index contributed by atoms with van der Waals surface area (Å²) in [6.07, 6.45) is -0.321. The Kier molecular flexibility index (Phi) is 5.31. The van der Waals surface area contributed by atoms with Crippen LogP contribution in [0.25, 0.3) is 4.85 Å². The molecule has 19 heavy (non-hydrogen) atoms. The molecule has 0 aliphatic rings. The van der Waals surface area contributed by atoms with E-state index >= 15 is 0 Å². The fraction of sp³-hybridized carbons (Fsp3) is 0.308. The Morgan fingerprint density at radius 2 is 2.42 bits per heavy atom. The second-order valence-corrected chi connectivity index (χ2v) is 3.70. The SMILES string of the molecule is [C-]#[N+]c1ccc(F)cc1C(C#N)CCNC(=O)OC. The molecule has 1 aromatic rings. The molecular formula is C13H12FN3O2. The van der Waals surface area contributed by atoms with Crippen molar-refractivity contribution in [1.29, 1.82) is 5.26 Å². The fourth-order valence-electron chi connectivity index (χ4n) is 1.59. The first kappa shape index (κ1) is 14.5. The van der Waals surface area contributed by atoms with Crippen LogP contribution in [0.15, 0.2) is 18.2 Å². The highest BCUT2D eigenvalue weighted by Gasteiger charge is 2.16. The number of methoxy groups -OCH3 is 1. The summed E-state index contributed by atoms with van der Waals surface area (Å²) in [6, 6.07) is 5.71. The van der Waals surface area contributed by atoms with Crippen molar-refractivity contribution in [3.8, 4) is 6.07 Å². The first-order valence-electron chi connectivity index (χ1n) is 5.50. The van der Waals surface area contributed by atoms with Gasteiger partial charge in [-0.3, -0.25) is 0 Å². The van der Waals surface area contributed by atoms with Crippen LogP contribution in [0.2, 0.25) is 0 Å². The molecule has 0 heterocycles. The third kappa shape index (κ3) is 3.97. The molecule has 0 radical (unpaired) electrons. The number of hydrogen-bond donors (Lipinski definition) is 1. The summed E-state index contributed by atoms with van der Waals surface area (Å²) in [5.74, 6) is -1.15. The number of nitrogens with one attached hydrogen (secondary N) is 1. The van der Waals surface area contributed by atoms with Gasteiger partial charge in [0.05, 0.1) is 25.7 Å². The third-order valence-electron chi connectivity index (χ3n) is 2.53. The maximum atomic E-state index is 13.2. The Hall–Kier alpha value is -2.60. The van der Waals surface area contributed by atoms with E-state index in [1.54, 1.807) is 0 Å². The van der Waals surface area contributed by atoms with Crippen molar-refractivity contribution in [2.45, 2.75) is 12.3 Å². The standard InChI is InChI=1S/C13H12FN3O2/c1-16-12-4-3-10(14)7-11(12)9(8-15)5-6-17-13(18)19-2/h3-4,7,9H,5-6H2,2H3,(H,17,18). The van der Waals surface area contributed by atoms with Gasteiger partial charge in [-0.1, -0.05) is 6.07 Å². The Morgan fingerprint density at radius 3 is 3.00 bits per heavy atom. The van der Waals surface area contributed by atoms with Crippen LogP contribution in [0.3, 0.4) is 0 Å². The van der Waals surface area contributed by atoms with Gasteiger partial charge >= 0.3 is 6.09 Å². The van der Waals surface area contributed by atoms with Crippen LogP contribution in [0, 0.1) is 23.7 Å². The van der Waals surface area contributed by atoms with Crippen LogP contribution in [0.4, 0.5) is 14.9 Å². The summed E-state index contributed by atoms with van der Waals surface area (Å²) < 4.78 is 17.6. The summed E-state index contributed by atoms with van der Waals surface area (Å²) >= 11 is 0. The molecule has 1 rings (SSSR count). The highest BCUT2D eigenvalue weighted by Crippen LogP contribution is 2.29. The van der Waals surface area contributed by atoms with E-state index in [0.29, 0.717) is 5.56 Å². The zero-order chi connectivity index (χ0) is 14.3.